The van der Waals surface area contributed by atoms with Gasteiger partial charge in [0.2, 0.25) is 0 Å². The van der Waals surface area contributed by atoms with Gasteiger partial charge in [-0.25, -0.2) is 4.79 Å². The molecule has 1 heterocycles. The highest BCUT2D eigenvalue weighted by molar-refractivity contribution is 6.05. The fourth-order valence-electron chi connectivity index (χ4n) is 3.05. The first kappa shape index (κ1) is 16.8. The van der Waals surface area contributed by atoms with Gasteiger partial charge in [0.15, 0.2) is 0 Å². The Morgan fingerprint density at radius 2 is 1.72 bits per heavy atom. The van der Waals surface area contributed by atoms with Gasteiger partial charge < -0.3 is 14.5 Å². The number of para-hydroxylation sites is 1. The molecule has 0 radical (unpaired) electrons. The molecule has 1 N–H and O–H groups in total. The first-order valence-corrected chi connectivity index (χ1v) is 8.25. The number of aryl methyl sites for hydroxylation is 1. The van der Waals surface area contributed by atoms with Crippen molar-refractivity contribution in [1.82, 2.24) is 4.98 Å². The maximum absolute atomic E-state index is 12.8. The monoisotopic (exact) mass is 335 g/mol. The lowest BCUT2D eigenvalue weighted by atomic mass is 9.98. The molecule has 3 rings (SSSR count). The number of nitrogens with one attached hydrogen (secondary N) is 1. The molecule has 0 aliphatic heterocycles. The highest BCUT2D eigenvalue weighted by Gasteiger charge is 2.25. The quantitative estimate of drug-likeness (QED) is 0.679. The van der Waals surface area contributed by atoms with E-state index in [1.54, 1.807) is 7.11 Å². The van der Waals surface area contributed by atoms with Gasteiger partial charge in [-0.1, -0.05) is 42.5 Å². The number of rotatable bonds is 5. The van der Waals surface area contributed by atoms with E-state index in [0.717, 1.165) is 22.4 Å². The second-order valence-electron chi connectivity index (χ2n) is 5.66. The number of carbonyl (C=O) groups excluding carboxylic acids is 1. The number of methoxy groups -OCH3 is 1. The van der Waals surface area contributed by atoms with Crippen molar-refractivity contribution < 1.29 is 14.3 Å². The van der Waals surface area contributed by atoms with E-state index in [2.05, 4.69) is 4.98 Å². The lowest BCUT2D eigenvalue weighted by molar-refractivity contribution is 0.0528. The molecule has 0 bridgehead atoms. The lowest BCUT2D eigenvalue weighted by Crippen LogP contribution is -2.07. The smallest absolute Gasteiger partial charge is 0.340 e. The molecule has 0 aliphatic carbocycles. The predicted octanol–water partition coefficient (Wildman–Crippen LogP) is 4.84. The SMILES string of the molecule is CCOC(=O)c1c(-c2ccccc2OC)[nH]c(C)c1-c1ccccc1. The Balaban J connectivity index is 2.28. The van der Waals surface area contributed by atoms with Crippen LogP contribution in [0.5, 0.6) is 5.75 Å². The summed E-state index contributed by atoms with van der Waals surface area (Å²) >= 11 is 0. The molecule has 128 valence electrons. The van der Waals surface area contributed by atoms with Gasteiger partial charge in [-0.3, -0.25) is 0 Å². The fraction of sp³-hybridized carbons (Fsp3) is 0.190. The number of H-pyrrole nitrogens is 1. The third kappa shape index (κ3) is 3.15. The van der Waals surface area contributed by atoms with Gasteiger partial charge in [0.25, 0.3) is 0 Å². The van der Waals surface area contributed by atoms with Gasteiger partial charge in [0, 0.05) is 16.8 Å². The van der Waals surface area contributed by atoms with Gasteiger partial charge >= 0.3 is 5.97 Å². The molecule has 4 nitrogen and oxygen atoms in total. The molecular formula is C21H21NO3. The van der Waals surface area contributed by atoms with Gasteiger partial charge in [-0.15, -0.1) is 0 Å². The van der Waals surface area contributed by atoms with Crippen LogP contribution in [-0.4, -0.2) is 24.7 Å². The third-order valence-corrected chi connectivity index (χ3v) is 4.11. The summed E-state index contributed by atoms with van der Waals surface area (Å²) in [4.78, 5) is 16.1. The van der Waals surface area contributed by atoms with Crippen molar-refractivity contribution in [2.24, 2.45) is 0 Å². The first-order valence-electron chi connectivity index (χ1n) is 8.25. The lowest BCUT2D eigenvalue weighted by Gasteiger charge is -2.10. The number of benzene rings is 2. The topological polar surface area (TPSA) is 51.3 Å². The van der Waals surface area contributed by atoms with Crippen molar-refractivity contribution in [3.63, 3.8) is 0 Å². The molecule has 2 aromatic carbocycles. The maximum Gasteiger partial charge on any atom is 0.340 e. The normalized spacial score (nSPS) is 10.5. The average molecular weight is 335 g/mol. The van der Waals surface area contributed by atoms with Crippen molar-refractivity contribution in [3.05, 3.63) is 65.9 Å². The standard InChI is InChI=1S/C21H21NO3/c1-4-25-21(23)19-18(15-10-6-5-7-11-15)14(2)22-20(19)16-12-8-9-13-17(16)24-3/h5-13,22H,4H2,1-3H3. The zero-order valence-corrected chi connectivity index (χ0v) is 14.6. The highest BCUT2D eigenvalue weighted by atomic mass is 16.5. The molecule has 0 unspecified atom stereocenters. The fourth-order valence-corrected chi connectivity index (χ4v) is 3.05. The van der Waals surface area contributed by atoms with Crippen molar-refractivity contribution in [2.45, 2.75) is 13.8 Å². The second-order valence-corrected chi connectivity index (χ2v) is 5.66. The zero-order chi connectivity index (χ0) is 17.8. The van der Waals surface area contributed by atoms with E-state index in [1.807, 2.05) is 68.4 Å². The predicted molar refractivity (Wildman–Crippen MR) is 98.9 cm³/mol. The van der Waals surface area contributed by atoms with Crippen LogP contribution in [0.1, 0.15) is 23.0 Å². The minimum atomic E-state index is -0.341. The van der Waals surface area contributed by atoms with Crippen molar-refractivity contribution >= 4 is 5.97 Å². The Bertz CT molecular complexity index is 881. The van der Waals surface area contributed by atoms with Crippen LogP contribution in [0.15, 0.2) is 54.6 Å². The van der Waals surface area contributed by atoms with E-state index < -0.39 is 0 Å². The van der Waals surface area contributed by atoms with Crippen LogP contribution in [0.3, 0.4) is 0 Å². The molecular weight excluding hydrogens is 314 g/mol. The maximum atomic E-state index is 12.8. The Hall–Kier alpha value is -3.01. The molecule has 0 amide bonds. The Kier molecular flexibility index (Phi) is 4.89. The third-order valence-electron chi connectivity index (χ3n) is 4.11. The molecule has 25 heavy (non-hydrogen) atoms. The zero-order valence-electron chi connectivity index (χ0n) is 14.6. The number of ether oxygens (including phenoxy) is 2. The summed E-state index contributed by atoms with van der Waals surface area (Å²) in [6, 6.07) is 17.5. The summed E-state index contributed by atoms with van der Waals surface area (Å²) in [6.45, 7) is 4.09. The highest BCUT2D eigenvalue weighted by Crippen LogP contribution is 2.39. The van der Waals surface area contributed by atoms with Crippen molar-refractivity contribution in [1.29, 1.82) is 0 Å². The minimum Gasteiger partial charge on any atom is -0.496 e. The van der Waals surface area contributed by atoms with Gasteiger partial charge in [-0.05, 0) is 31.5 Å². The number of carbonyl (C=O) groups is 1. The summed E-state index contributed by atoms with van der Waals surface area (Å²) < 4.78 is 10.8. The summed E-state index contributed by atoms with van der Waals surface area (Å²) in [5, 5.41) is 0. The Morgan fingerprint density at radius 1 is 1.04 bits per heavy atom. The van der Waals surface area contributed by atoms with E-state index in [1.165, 1.54) is 0 Å². The average Bonchev–Trinajstić information content (AvgIpc) is 2.99. The molecule has 0 spiro atoms. The molecule has 0 fully saturated rings. The largest absolute Gasteiger partial charge is 0.496 e. The summed E-state index contributed by atoms with van der Waals surface area (Å²) in [5.74, 6) is 0.362. The minimum absolute atomic E-state index is 0.322. The molecule has 0 saturated heterocycles. The second kappa shape index (κ2) is 7.26. The molecule has 1 aromatic heterocycles. The summed E-state index contributed by atoms with van der Waals surface area (Å²) in [5.41, 5.74) is 4.83. The van der Waals surface area contributed by atoms with Crippen LogP contribution in [-0.2, 0) is 4.74 Å². The van der Waals surface area contributed by atoms with E-state index >= 15 is 0 Å². The number of hydrogen-bond donors (Lipinski definition) is 1. The van der Waals surface area contributed by atoms with Crippen LogP contribution < -0.4 is 4.74 Å². The number of aromatic nitrogens is 1. The molecule has 3 aromatic rings. The summed E-state index contributed by atoms with van der Waals surface area (Å²) in [7, 11) is 1.62. The summed E-state index contributed by atoms with van der Waals surface area (Å²) in [6.07, 6.45) is 0. The van der Waals surface area contributed by atoms with Crippen LogP contribution in [0.25, 0.3) is 22.4 Å². The van der Waals surface area contributed by atoms with E-state index in [-0.39, 0.29) is 5.97 Å². The van der Waals surface area contributed by atoms with Crippen LogP contribution in [0.4, 0.5) is 0 Å². The van der Waals surface area contributed by atoms with Gasteiger partial charge in [0.1, 0.15) is 5.75 Å². The molecule has 0 aliphatic rings. The van der Waals surface area contributed by atoms with E-state index in [4.69, 9.17) is 9.47 Å². The molecule has 0 saturated carbocycles. The van der Waals surface area contributed by atoms with Gasteiger partial charge in [-0.2, -0.15) is 0 Å². The first-order chi connectivity index (χ1) is 12.2. The molecule has 4 heteroatoms. The number of aromatic amines is 1. The Labute approximate surface area is 147 Å². The van der Waals surface area contributed by atoms with Gasteiger partial charge in [0.05, 0.1) is 25.0 Å². The van der Waals surface area contributed by atoms with E-state index in [0.29, 0.717) is 23.6 Å². The molecule has 0 atom stereocenters. The van der Waals surface area contributed by atoms with Crippen LogP contribution >= 0.6 is 0 Å². The van der Waals surface area contributed by atoms with E-state index in [9.17, 15) is 4.79 Å². The number of hydrogen-bond acceptors (Lipinski definition) is 3. The Morgan fingerprint density at radius 3 is 2.40 bits per heavy atom. The van der Waals surface area contributed by atoms with Crippen LogP contribution in [0, 0.1) is 6.92 Å². The van der Waals surface area contributed by atoms with Crippen molar-refractivity contribution in [2.75, 3.05) is 13.7 Å². The van der Waals surface area contributed by atoms with Crippen LogP contribution in [0.2, 0.25) is 0 Å². The van der Waals surface area contributed by atoms with Crippen molar-refractivity contribution in [3.8, 4) is 28.1 Å². The number of esters is 1.